The van der Waals surface area contributed by atoms with Crippen LogP contribution in [0, 0.1) is 16.7 Å². The lowest BCUT2D eigenvalue weighted by Gasteiger charge is -2.26. The molecule has 0 radical (unpaired) electrons. The molecule has 0 unspecified atom stereocenters. The summed E-state index contributed by atoms with van der Waals surface area (Å²) < 4.78 is 0. The minimum Gasteiger partial charge on any atom is -0.354 e. The first-order valence-electron chi connectivity index (χ1n) is 6.65. The van der Waals surface area contributed by atoms with Crippen LogP contribution in [0.15, 0.2) is 0 Å². The van der Waals surface area contributed by atoms with Gasteiger partial charge in [0.25, 0.3) is 0 Å². The Hall–Kier alpha value is -1.57. The number of hydrogen-bond acceptors (Lipinski definition) is 3. The van der Waals surface area contributed by atoms with E-state index in [4.69, 9.17) is 5.26 Å². The lowest BCUT2D eigenvalue weighted by atomic mass is 10.1. The second-order valence-corrected chi connectivity index (χ2v) is 5.14. The smallest absolute Gasteiger partial charge is 0.240 e. The van der Waals surface area contributed by atoms with Gasteiger partial charge in [0.15, 0.2) is 0 Å². The Morgan fingerprint density at radius 2 is 1.89 bits per heavy atom. The van der Waals surface area contributed by atoms with Crippen LogP contribution in [0.5, 0.6) is 0 Å². The number of amides is 2. The van der Waals surface area contributed by atoms with Gasteiger partial charge in [-0.25, -0.2) is 0 Å². The molecule has 0 aromatic rings. The van der Waals surface area contributed by atoms with Gasteiger partial charge in [-0.2, -0.15) is 5.26 Å². The second kappa shape index (κ2) is 5.38. The Labute approximate surface area is 107 Å². The number of carbonyl (C=O) groups excluding carboxylic acids is 2. The lowest BCUT2D eigenvalue weighted by Crippen LogP contribution is -2.39. The topological polar surface area (TPSA) is 73.2 Å². The lowest BCUT2D eigenvalue weighted by molar-refractivity contribution is -0.132. The van der Waals surface area contributed by atoms with Gasteiger partial charge in [0, 0.05) is 26.1 Å². The van der Waals surface area contributed by atoms with Crippen molar-refractivity contribution >= 4 is 11.8 Å². The van der Waals surface area contributed by atoms with Gasteiger partial charge in [0.2, 0.25) is 11.8 Å². The molecule has 1 aliphatic heterocycles. The Morgan fingerprint density at radius 3 is 2.44 bits per heavy atom. The molecule has 18 heavy (non-hydrogen) atoms. The summed E-state index contributed by atoms with van der Waals surface area (Å²) in [5.41, 5.74) is -0.784. The highest BCUT2D eigenvalue weighted by Gasteiger charge is 2.50. The summed E-state index contributed by atoms with van der Waals surface area (Å²) in [6, 6.07) is 2.05. The number of hydrogen-bond donors (Lipinski definition) is 1. The normalized spacial score (nSPS) is 20.9. The molecule has 2 rings (SSSR count). The van der Waals surface area contributed by atoms with E-state index in [9.17, 15) is 9.59 Å². The Bertz CT molecular complexity index is 376. The van der Waals surface area contributed by atoms with Crippen LogP contribution in [0.2, 0.25) is 0 Å². The number of piperidine rings is 1. The van der Waals surface area contributed by atoms with E-state index in [1.807, 2.05) is 11.0 Å². The highest BCUT2D eigenvalue weighted by Crippen LogP contribution is 2.44. The van der Waals surface area contributed by atoms with E-state index >= 15 is 0 Å². The van der Waals surface area contributed by atoms with Crippen LogP contribution in [-0.2, 0) is 9.59 Å². The molecular weight excluding hydrogens is 230 g/mol. The molecule has 1 heterocycles. The number of rotatable bonds is 4. The van der Waals surface area contributed by atoms with Gasteiger partial charge in [0.1, 0.15) is 5.41 Å². The SMILES string of the molecule is N#CC1(C(=O)NCCC(=O)N2CCCCC2)CC1. The summed E-state index contributed by atoms with van der Waals surface area (Å²) in [5.74, 6) is -0.103. The molecule has 5 nitrogen and oxygen atoms in total. The Balaban J connectivity index is 1.67. The van der Waals surface area contributed by atoms with Crippen molar-refractivity contribution in [2.75, 3.05) is 19.6 Å². The molecule has 2 fully saturated rings. The van der Waals surface area contributed by atoms with Gasteiger partial charge >= 0.3 is 0 Å². The van der Waals surface area contributed by atoms with E-state index in [2.05, 4.69) is 5.32 Å². The van der Waals surface area contributed by atoms with E-state index < -0.39 is 5.41 Å². The maximum atomic E-state index is 11.8. The average Bonchev–Trinajstić information content (AvgIpc) is 3.20. The van der Waals surface area contributed by atoms with Gasteiger partial charge < -0.3 is 10.2 Å². The highest BCUT2D eigenvalue weighted by molar-refractivity contribution is 5.88. The fraction of sp³-hybridized carbons (Fsp3) is 0.769. The van der Waals surface area contributed by atoms with E-state index in [1.54, 1.807) is 0 Å². The molecule has 1 saturated carbocycles. The number of nitriles is 1. The predicted octanol–water partition coefficient (Wildman–Crippen LogP) is 0.809. The summed E-state index contributed by atoms with van der Waals surface area (Å²) in [4.78, 5) is 25.3. The van der Waals surface area contributed by atoms with Crippen molar-refractivity contribution in [1.29, 1.82) is 5.26 Å². The van der Waals surface area contributed by atoms with Gasteiger partial charge in [-0.05, 0) is 32.1 Å². The first kappa shape index (κ1) is 12.9. The third-order valence-corrected chi connectivity index (χ3v) is 3.73. The third kappa shape index (κ3) is 2.81. The van der Waals surface area contributed by atoms with Crippen LogP contribution >= 0.6 is 0 Å². The van der Waals surface area contributed by atoms with Crippen molar-refractivity contribution in [1.82, 2.24) is 10.2 Å². The first-order valence-corrected chi connectivity index (χ1v) is 6.65. The molecular formula is C13H19N3O2. The number of nitrogens with one attached hydrogen (secondary N) is 1. The largest absolute Gasteiger partial charge is 0.354 e. The summed E-state index contributed by atoms with van der Waals surface area (Å²) in [7, 11) is 0. The minimum atomic E-state index is -0.784. The maximum absolute atomic E-state index is 11.8. The highest BCUT2D eigenvalue weighted by atomic mass is 16.2. The Kier molecular flexibility index (Phi) is 3.85. The average molecular weight is 249 g/mol. The van der Waals surface area contributed by atoms with Crippen LogP contribution < -0.4 is 5.32 Å². The van der Waals surface area contributed by atoms with Gasteiger partial charge in [-0.3, -0.25) is 9.59 Å². The van der Waals surface area contributed by atoms with Gasteiger partial charge in [-0.15, -0.1) is 0 Å². The predicted molar refractivity (Wildman–Crippen MR) is 65.3 cm³/mol. The fourth-order valence-electron chi connectivity index (χ4n) is 2.27. The molecule has 5 heteroatoms. The molecule has 0 spiro atoms. The van der Waals surface area contributed by atoms with Crippen molar-refractivity contribution in [2.24, 2.45) is 5.41 Å². The van der Waals surface area contributed by atoms with Crippen molar-refractivity contribution in [2.45, 2.75) is 38.5 Å². The quantitative estimate of drug-likeness (QED) is 0.801. The van der Waals surface area contributed by atoms with Gasteiger partial charge in [-0.1, -0.05) is 0 Å². The van der Waals surface area contributed by atoms with Crippen LogP contribution in [0.3, 0.4) is 0 Å². The summed E-state index contributed by atoms with van der Waals surface area (Å²) >= 11 is 0. The van der Waals surface area contributed by atoms with Crippen molar-refractivity contribution in [3.63, 3.8) is 0 Å². The van der Waals surface area contributed by atoms with E-state index in [0.717, 1.165) is 25.9 Å². The van der Waals surface area contributed by atoms with Crippen molar-refractivity contribution in [3.8, 4) is 6.07 Å². The molecule has 2 amide bonds. The van der Waals surface area contributed by atoms with Crippen molar-refractivity contribution in [3.05, 3.63) is 0 Å². The third-order valence-electron chi connectivity index (χ3n) is 3.73. The van der Waals surface area contributed by atoms with E-state index in [-0.39, 0.29) is 11.8 Å². The summed E-state index contributed by atoms with van der Waals surface area (Å²) in [6.07, 6.45) is 4.99. The zero-order valence-corrected chi connectivity index (χ0v) is 10.6. The van der Waals surface area contributed by atoms with Crippen LogP contribution in [0.1, 0.15) is 38.5 Å². The van der Waals surface area contributed by atoms with Gasteiger partial charge in [0.05, 0.1) is 6.07 Å². The minimum absolute atomic E-state index is 0.108. The number of carbonyl (C=O) groups is 2. The monoisotopic (exact) mass is 249 g/mol. The molecule has 0 atom stereocenters. The van der Waals surface area contributed by atoms with E-state index in [1.165, 1.54) is 6.42 Å². The maximum Gasteiger partial charge on any atom is 0.240 e. The summed E-state index contributed by atoms with van der Waals surface area (Å²) in [5, 5.41) is 11.6. The Morgan fingerprint density at radius 1 is 1.22 bits per heavy atom. The summed E-state index contributed by atoms with van der Waals surface area (Å²) in [6.45, 7) is 2.03. The van der Waals surface area contributed by atoms with Crippen LogP contribution in [-0.4, -0.2) is 36.3 Å². The first-order chi connectivity index (χ1) is 8.68. The number of likely N-dealkylation sites (tertiary alicyclic amines) is 1. The molecule has 1 N–H and O–H groups in total. The molecule has 1 aliphatic carbocycles. The molecule has 98 valence electrons. The second-order valence-electron chi connectivity index (χ2n) is 5.14. The zero-order valence-electron chi connectivity index (χ0n) is 10.6. The van der Waals surface area contributed by atoms with E-state index in [0.29, 0.717) is 25.8 Å². The molecule has 0 aromatic carbocycles. The molecule has 0 aromatic heterocycles. The standard InChI is InChI=1S/C13H19N3O2/c14-10-13(5-6-13)12(18)15-7-4-11(17)16-8-2-1-3-9-16/h1-9H2,(H,15,18). The number of nitrogens with zero attached hydrogens (tertiary/aromatic N) is 2. The van der Waals surface area contributed by atoms with Crippen LogP contribution in [0.25, 0.3) is 0 Å². The molecule has 2 aliphatic rings. The zero-order chi connectivity index (χ0) is 13.0. The molecule has 0 bridgehead atoms. The van der Waals surface area contributed by atoms with Crippen LogP contribution in [0.4, 0.5) is 0 Å². The van der Waals surface area contributed by atoms with Crippen molar-refractivity contribution < 1.29 is 9.59 Å². The fourth-order valence-corrected chi connectivity index (χ4v) is 2.27. The molecule has 1 saturated heterocycles.